The van der Waals surface area contributed by atoms with Crippen molar-refractivity contribution in [2.24, 2.45) is 0 Å². The summed E-state index contributed by atoms with van der Waals surface area (Å²) < 4.78 is 0. The topological polar surface area (TPSA) is 137 Å². The number of allylic oxidation sites excluding steroid dienone is 8. The van der Waals surface area contributed by atoms with Gasteiger partial charge in [0, 0.05) is 0 Å². The fourth-order valence-electron chi connectivity index (χ4n) is 0. The van der Waals surface area contributed by atoms with Gasteiger partial charge in [0.2, 0.25) is 0 Å². The van der Waals surface area contributed by atoms with Crippen LogP contribution in [0, 0.1) is 0 Å². The van der Waals surface area contributed by atoms with Crippen molar-refractivity contribution in [2.45, 2.75) is 111 Å². The Labute approximate surface area is 292 Å². The first-order valence-corrected chi connectivity index (χ1v) is 14.5. The normalized spacial score (nSPS) is 7.67. The molecule has 0 saturated carbocycles. The van der Waals surface area contributed by atoms with Gasteiger partial charge in [-0.2, -0.15) is 0 Å². The quantitative estimate of drug-likeness (QED) is 0.233. The summed E-state index contributed by atoms with van der Waals surface area (Å²) in [5.74, 6) is 0.519. The van der Waals surface area contributed by atoms with Gasteiger partial charge in [0.25, 0.3) is 0 Å². The Morgan fingerprint density at radius 1 is 0.188 bits per heavy atom. The van der Waals surface area contributed by atoms with Gasteiger partial charge < -0.3 is 0 Å². The summed E-state index contributed by atoms with van der Waals surface area (Å²) in [6.45, 7) is 52.8. The van der Waals surface area contributed by atoms with Gasteiger partial charge in [-0.25, -0.2) is 0 Å². The zero-order chi connectivity index (χ0) is 41.2. The van der Waals surface area contributed by atoms with Crippen molar-refractivity contribution in [3.63, 3.8) is 0 Å². The van der Waals surface area contributed by atoms with Gasteiger partial charge >= 0.3 is 0 Å². The van der Waals surface area contributed by atoms with Crippen molar-refractivity contribution in [3.05, 3.63) is 97.2 Å². The van der Waals surface area contributed by atoms with E-state index < -0.39 is 0 Å². The van der Waals surface area contributed by atoms with E-state index in [0.29, 0.717) is 44.6 Å². The van der Waals surface area contributed by atoms with Gasteiger partial charge in [0.1, 0.15) is 0 Å². The molecular formula is C40H64O8. The molecule has 0 aliphatic heterocycles. The molecule has 0 aromatic heterocycles. The van der Waals surface area contributed by atoms with Crippen LogP contribution in [0.1, 0.15) is 111 Å². The van der Waals surface area contributed by atoms with E-state index >= 15 is 0 Å². The molecule has 0 saturated heterocycles. The van der Waals surface area contributed by atoms with Crippen molar-refractivity contribution >= 4 is 46.3 Å². The lowest BCUT2D eigenvalue weighted by Crippen LogP contribution is -1.86. The van der Waals surface area contributed by atoms with Crippen LogP contribution < -0.4 is 0 Å². The summed E-state index contributed by atoms with van der Waals surface area (Å²) in [6.07, 6.45) is 0. The maximum atomic E-state index is 10.0. The second-order valence-electron chi connectivity index (χ2n) is 10.7. The van der Waals surface area contributed by atoms with Crippen LogP contribution in [0.2, 0.25) is 0 Å². The van der Waals surface area contributed by atoms with E-state index in [-0.39, 0.29) is 46.3 Å². The first-order valence-electron chi connectivity index (χ1n) is 14.5. The highest BCUT2D eigenvalue weighted by Gasteiger charge is 1.89. The molecular weight excluding hydrogens is 608 g/mol. The molecule has 0 aromatic carbocycles. The Balaban J connectivity index is -0.0000000635. The Kier molecular flexibility index (Phi) is 49.8. The first-order chi connectivity index (χ1) is 21.1. The third kappa shape index (κ3) is 90.0. The molecule has 0 rings (SSSR count). The van der Waals surface area contributed by atoms with E-state index in [1.54, 1.807) is 55.4 Å². The standard InChI is InChI=1S/8C5H8O/c8*1-4(2)5(3)6/h8*1H2,2-3H3. The number of Topliss-reactive ketones (excluding diaryl/α,β-unsaturated/α-hetero) is 8. The third-order valence-corrected chi connectivity index (χ3v) is 4.81. The molecule has 0 aliphatic rings. The van der Waals surface area contributed by atoms with Crippen LogP contribution in [-0.4, -0.2) is 46.3 Å². The van der Waals surface area contributed by atoms with Gasteiger partial charge in [-0.1, -0.05) is 52.6 Å². The minimum Gasteiger partial charge on any atom is -0.295 e. The van der Waals surface area contributed by atoms with Gasteiger partial charge in [0.15, 0.2) is 46.3 Å². The fraction of sp³-hybridized carbons (Fsp3) is 0.400. The maximum Gasteiger partial charge on any atom is 0.154 e. The average molecular weight is 673 g/mol. The van der Waals surface area contributed by atoms with E-state index in [0.717, 1.165) is 0 Å². The van der Waals surface area contributed by atoms with E-state index in [4.69, 9.17) is 0 Å². The molecule has 8 heteroatoms. The average Bonchev–Trinajstić information content (AvgIpc) is 2.90. The number of carbonyl (C=O) groups is 8. The number of ketones is 8. The van der Waals surface area contributed by atoms with Crippen LogP contribution in [-0.2, 0) is 38.4 Å². The summed E-state index contributed by atoms with van der Waals surface area (Å²) in [7, 11) is 0. The van der Waals surface area contributed by atoms with Crippen LogP contribution in [0.15, 0.2) is 97.2 Å². The van der Waals surface area contributed by atoms with Crippen LogP contribution in [0.4, 0.5) is 0 Å². The molecule has 0 aromatic rings. The molecule has 0 radical (unpaired) electrons. The minimum atomic E-state index is 0.0648. The molecule has 0 heterocycles. The van der Waals surface area contributed by atoms with Crippen molar-refractivity contribution in [1.82, 2.24) is 0 Å². The Bertz CT molecular complexity index is 848. The number of rotatable bonds is 8. The summed E-state index contributed by atoms with van der Waals surface area (Å²) >= 11 is 0. The first kappa shape index (κ1) is 62.2. The molecule has 0 amide bonds. The lowest BCUT2D eigenvalue weighted by Gasteiger charge is -1.80. The Hall–Kier alpha value is -4.72. The van der Waals surface area contributed by atoms with Crippen LogP contribution >= 0.6 is 0 Å². The molecule has 0 unspecified atom stereocenters. The van der Waals surface area contributed by atoms with E-state index in [1.165, 1.54) is 55.4 Å². The van der Waals surface area contributed by atoms with Crippen LogP contribution in [0.3, 0.4) is 0 Å². The molecule has 8 nitrogen and oxygen atoms in total. The van der Waals surface area contributed by atoms with Gasteiger partial charge in [-0.15, -0.1) is 0 Å². The van der Waals surface area contributed by atoms with Crippen molar-refractivity contribution in [1.29, 1.82) is 0 Å². The lowest BCUT2D eigenvalue weighted by atomic mass is 10.3. The highest BCUT2D eigenvalue weighted by Crippen LogP contribution is 1.87. The Morgan fingerprint density at radius 2 is 0.208 bits per heavy atom. The van der Waals surface area contributed by atoms with Gasteiger partial charge in [-0.05, 0) is 155 Å². The summed E-state index contributed by atoms with van der Waals surface area (Å²) in [5, 5.41) is 0. The monoisotopic (exact) mass is 672 g/mol. The van der Waals surface area contributed by atoms with Crippen molar-refractivity contribution < 1.29 is 38.4 Å². The zero-order valence-corrected chi connectivity index (χ0v) is 32.9. The predicted octanol–water partition coefficient (Wildman–Crippen LogP) is 9.21. The molecule has 0 atom stereocenters. The number of hydrogen-bond donors (Lipinski definition) is 0. The smallest absolute Gasteiger partial charge is 0.154 e. The van der Waals surface area contributed by atoms with E-state index in [9.17, 15) is 38.4 Å². The fourth-order valence-corrected chi connectivity index (χ4v) is 0. The number of carbonyl (C=O) groups excluding carboxylic acids is 8. The molecule has 0 aliphatic carbocycles. The molecule has 48 heavy (non-hydrogen) atoms. The highest BCUT2D eigenvalue weighted by molar-refractivity contribution is 5.94. The van der Waals surface area contributed by atoms with Gasteiger partial charge in [0.05, 0.1) is 0 Å². The molecule has 0 bridgehead atoms. The van der Waals surface area contributed by atoms with E-state index in [1.807, 2.05) is 0 Å². The predicted molar refractivity (Wildman–Crippen MR) is 204 cm³/mol. The molecule has 0 fully saturated rings. The zero-order valence-electron chi connectivity index (χ0n) is 32.9. The third-order valence-electron chi connectivity index (χ3n) is 4.81. The minimum absolute atomic E-state index is 0.0648. The lowest BCUT2D eigenvalue weighted by molar-refractivity contribution is -0.114. The second kappa shape index (κ2) is 38.5. The summed E-state index contributed by atoms with van der Waals surface area (Å²) in [5.41, 5.74) is 4.96. The van der Waals surface area contributed by atoms with Crippen molar-refractivity contribution in [3.8, 4) is 0 Å². The second-order valence-corrected chi connectivity index (χ2v) is 10.7. The maximum absolute atomic E-state index is 10.0. The van der Waals surface area contributed by atoms with Crippen LogP contribution in [0.25, 0.3) is 0 Å². The van der Waals surface area contributed by atoms with Crippen molar-refractivity contribution in [2.75, 3.05) is 0 Å². The molecule has 272 valence electrons. The number of hydrogen-bond acceptors (Lipinski definition) is 8. The highest BCUT2D eigenvalue weighted by atomic mass is 16.1. The largest absolute Gasteiger partial charge is 0.295 e. The molecule has 0 N–H and O–H groups in total. The Morgan fingerprint density at radius 3 is 0.208 bits per heavy atom. The van der Waals surface area contributed by atoms with E-state index in [2.05, 4.69) is 52.6 Å². The SMILES string of the molecule is C=C(C)C(C)=O.C=C(C)C(C)=O.C=C(C)C(C)=O.C=C(C)C(C)=O.C=C(C)C(C)=O.C=C(C)C(C)=O.C=C(C)C(C)=O.C=C(C)C(C)=O. The summed E-state index contributed by atoms with van der Waals surface area (Å²) in [6, 6.07) is 0. The van der Waals surface area contributed by atoms with Gasteiger partial charge in [-0.3, -0.25) is 38.4 Å². The van der Waals surface area contributed by atoms with Crippen LogP contribution in [0.5, 0.6) is 0 Å². The summed E-state index contributed by atoms with van der Waals surface area (Å²) in [4.78, 5) is 80.4. The molecule has 0 spiro atoms.